The Hall–Kier alpha value is -2.33. The number of anilines is 2. The number of rotatable bonds is 6. The van der Waals surface area contributed by atoms with Crippen LogP contribution in [0.4, 0.5) is 11.4 Å². The Balaban J connectivity index is 1.64. The van der Waals surface area contributed by atoms with E-state index in [1.807, 2.05) is 9.80 Å². The van der Waals surface area contributed by atoms with Gasteiger partial charge in [0.2, 0.25) is 15.9 Å². The number of nitrogens with zero attached hydrogens (tertiary/aromatic N) is 3. The third-order valence-corrected chi connectivity index (χ3v) is 5.67. The number of carbonyl (C=O) groups excluding carboxylic acids is 1. The van der Waals surface area contributed by atoms with Crippen LogP contribution in [-0.2, 0) is 14.8 Å². The van der Waals surface area contributed by atoms with Crippen molar-refractivity contribution < 1.29 is 23.1 Å². The number of aromatic carboxylic acids is 1. The normalized spacial score (nSPS) is 18.3. The molecule has 1 amide bonds. The fraction of sp³-hybridized carbons (Fsp3) is 0.556. The van der Waals surface area contributed by atoms with Crippen molar-refractivity contribution in [3.8, 4) is 0 Å². The number of nitrogens with one attached hydrogen (secondary N) is 1. The molecule has 1 aromatic rings. The summed E-state index contributed by atoms with van der Waals surface area (Å²) in [6.45, 7) is 4.63. The van der Waals surface area contributed by atoms with Gasteiger partial charge in [-0.3, -0.25) is 14.4 Å². The van der Waals surface area contributed by atoms with Crippen LogP contribution < -0.4 is 9.62 Å². The van der Waals surface area contributed by atoms with Crippen LogP contribution in [0.15, 0.2) is 18.2 Å². The first-order valence-electron chi connectivity index (χ1n) is 9.33. The highest BCUT2D eigenvalue weighted by Gasteiger charge is 2.25. The van der Waals surface area contributed by atoms with Crippen LogP contribution in [0.1, 0.15) is 23.2 Å². The third kappa shape index (κ3) is 5.14. The minimum absolute atomic E-state index is 0.0512. The molecule has 0 saturated carbocycles. The van der Waals surface area contributed by atoms with Crippen molar-refractivity contribution in [2.75, 3.05) is 61.7 Å². The van der Waals surface area contributed by atoms with E-state index in [0.29, 0.717) is 38.4 Å². The Morgan fingerprint density at radius 3 is 2.29 bits per heavy atom. The topological polar surface area (TPSA) is 110 Å². The summed E-state index contributed by atoms with van der Waals surface area (Å²) in [6, 6.07) is 4.52. The van der Waals surface area contributed by atoms with E-state index >= 15 is 0 Å². The molecule has 0 radical (unpaired) electrons. The first-order chi connectivity index (χ1) is 13.2. The standard InChI is InChI=1S/C18H26N4O5S/c1-28(26,27)19-14-4-5-16(15(12-14)18(24)25)21-10-8-20(9-11-21)13-17(23)22-6-2-3-7-22/h4-5,12,19H,2-3,6-11,13H2,1H3,(H,24,25). The second-order valence-corrected chi connectivity index (χ2v) is 9.01. The third-order valence-electron chi connectivity index (χ3n) is 5.06. The lowest BCUT2D eigenvalue weighted by Gasteiger charge is -2.36. The first kappa shape index (κ1) is 20.4. The zero-order valence-corrected chi connectivity index (χ0v) is 16.7. The van der Waals surface area contributed by atoms with Gasteiger partial charge in [-0.05, 0) is 31.0 Å². The lowest BCUT2D eigenvalue weighted by Crippen LogP contribution is -2.50. The predicted octanol–water partition coefficient (Wildman–Crippen LogP) is 0.501. The van der Waals surface area contributed by atoms with Crippen LogP contribution in [0.5, 0.6) is 0 Å². The number of piperazine rings is 1. The van der Waals surface area contributed by atoms with E-state index in [9.17, 15) is 23.1 Å². The summed E-state index contributed by atoms with van der Waals surface area (Å²) >= 11 is 0. The van der Waals surface area contributed by atoms with Gasteiger partial charge in [-0.2, -0.15) is 0 Å². The van der Waals surface area contributed by atoms with Gasteiger partial charge in [0.1, 0.15) is 0 Å². The average Bonchev–Trinajstić information content (AvgIpc) is 3.16. The molecular weight excluding hydrogens is 384 g/mol. The van der Waals surface area contributed by atoms with E-state index in [1.165, 1.54) is 6.07 Å². The molecule has 2 N–H and O–H groups in total. The van der Waals surface area contributed by atoms with Gasteiger partial charge in [0.05, 0.1) is 24.1 Å². The number of carboxylic acids is 1. The summed E-state index contributed by atoms with van der Waals surface area (Å²) in [7, 11) is -3.48. The molecule has 0 aliphatic carbocycles. The highest BCUT2D eigenvalue weighted by atomic mass is 32.2. The Morgan fingerprint density at radius 1 is 1.07 bits per heavy atom. The molecule has 0 unspecified atom stereocenters. The maximum Gasteiger partial charge on any atom is 0.337 e. The summed E-state index contributed by atoms with van der Waals surface area (Å²) in [6.07, 6.45) is 3.16. The van der Waals surface area contributed by atoms with E-state index in [2.05, 4.69) is 9.62 Å². The van der Waals surface area contributed by atoms with Gasteiger partial charge in [0, 0.05) is 45.0 Å². The molecule has 2 aliphatic heterocycles. The number of likely N-dealkylation sites (tertiary alicyclic amines) is 1. The molecule has 3 rings (SSSR count). The number of sulfonamides is 1. The summed E-state index contributed by atoms with van der Waals surface area (Å²) < 4.78 is 25.1. The van der Waals surface area contributed by atoms with Crippen molar-refractivity contribution in [3.05, 3.63) is 23.8 Å². The van der Waals surface area contributed by atoms with Crippen LogP contribution in [0.2, 0.25) is 0 Å². The van der Waals surface area contributed by atoms with Gasteiger partial charge in [-0.15, -0.1) is 0 Å². The molecule has 0 bridgehead atoms. The van der Waals surface area contributed by atoms with Gasteiger partial charge in [-0.1, -0.05) is 0 Å². The van der Waals surface area contributed by atoms with E-state index < -0.39 is 16.0 Å². The molecule has 154 valence electrons. The molecule has 0 spiro atoms. The highest BCUT2D eigenvalue weighted by molar-refractivity contribution is 7.92. The van der Waals surface area contributed by atoms with E-state index in [0.717, 1.165) is 32.2 Å². The van der Waals surface area contributed by atoms with Crippen LogP contribution >= 0.6 is 0 Å². The SMILES string of the molecule is CS(=O)(=O)Nc1ccc(N2CCN(CC(=O)N3CCCC3)CC2)c(C(=O)O)c1. The molecular formula is C18H26N4O5S. The molecule has 10 heteroatoms. The Bertz CT molecular complexity index is 844. The average molecular weight is 410 g/mol. The molecule has 0 atom stereocenters. The Morgan fingerprint density at radius 2 is 1.71 bits per heavy atom. The van der Waals surface area contributed by atoms with Crippen molar-refractivity contribution in [3.63, 3.8) is 0 Å². The fourth-order valence-corrected chi connectivity index (χ4v) is 4.22. The number of hydrogen-bond donors (Lipinski definition) is 2. The molecule has 9 nitrogen and oxygen atoms in total. The molecule has 2 heterocycles. The Labute approximate surface area is 165 Å². The lowest BCUT2D eigenvalue weighted by molar-refractivity contribution is -0.131. The van der Waals surface area contributed by atoms with Crippen LogP contribution in [0.3, 0.4) is 0 Å². The summed E-state index contributed by atoms with van der Waals surface area (Å²) in [5.74, 6) is -0.952. The maximum atomic E-state index is 12.3. The van der Waals surface area contributed by atoms with Crippen LogP contribution in [-0.4, -0.2) is 87.3 Å². The summed E-state index contributed by atoms with van der Waals surface area (Å²) in [4.78, 5) is 29.9. The summed E-state index contributed by atoms with van der Waals surface area (Å²) in [5, 5.41) is 9.55. The van der Waals surface area contributed by atoms with E-state index in [4.69, 9.17) is 0 Å². The first-order valence-corrected chi connectivity index (χ1v) is 11.2. The molecule has 1 aromatic carbocycles. The number of hydrogen-bond acceptors (Lipinski definition) is 6. The van der Waals surface area contributed by atoms with Gasteiger partial charge in [-0.25, -0.2) is 13.2 Å². The minimum Gasteiger partial charge on any atom is -0.478 e. The molecule has 28 heavy (non-hydrogen) atoms. The largest absolute Gasteiger partial charge is 0.478 e. The highest BCUT2D eigenvalue weighted by Crippen LogP contribution is 2.26. The zero-order valence-electron chi connectivity index (χ0n) is 15.9. The van der Waals surface area contributed by atoms with Gasteiger partial charge < -0.3 is 14.9 Å². The van der Waals surface area contributed by atoms with E-state index in [-0.39, 0.29) is 17.2 Å². The van der Waals surface area contributed by atoms with Crippen molar-refractivity contribution >= 4 is 33.3 Å². The second kappa shape index (κ2) is 8.36. The van der Waals surface area contributed by atoms with Crippen molar-refractivity contribution in [2.45, 2.75) is 12.8 Å². The number of benzene rings is 1. The monoisotopic (exact) mass is 410 g/mol. The van der Waals surface area contributed by atoms with E-state index in [1.54, 1.807) is 12.1 Å². The maximum absolute atomic E-state index is 12.3. The zero-order chi connectivity index (χ0) is 20.3. The van der Waals surface area contributed by atoms with Crippen LogP contribution in [0.25, 0.3) is 0 Å². The van der Waals surface area contributed by atoms with Gasteiger partial charge in [0.25, 0.3) is 0 Å². The van der Waals surface area contributed by atoms with Gasteiger partial charge in [0.15, 0.2) is 0 Å². The number of amides is 1. The lowest BCUT2D eigenvalue weighted by atomic mass is 10.1. The fourth-order valence-electron chi connectivity index (χ4n) is 3.67. The molecule has 2 aliphatic rings. The smallest absolute Gasteiger partial charge is 0.337 e. The number of carbonyl (C=O) groups is 2. The van der Waals surface area contributed by atoms with Crippen LogP contribution in [0, 0.1) is 0 Å². The molecule has 0 aromatic heterocycles. The molecule has 2 saturated heterocycles. The molecule has 2 fully saturated rings. The second-order valence-electron chi connectivity index (χ2n) is 7.26. The minimum atomic E-state index is -3.48. The predicted molar refractivity (Wildman–Crippen MR) is 106 cm³/mol. The summed E-state index contributed by atoms with van der Waals surface area (Å²) in [5.41, 5.74) is 0.825. The van der Waals surface area contributed by atoms with Crippen molar-refractivity contribution in [1.29, 1.82) is 0 Å². The quantitative estimate of drug-likeness (QED) is 0.703. The van der Waals surface area contributed by atoms with Crippen molar-refractivity contribution in [2.24, 2.45) is 0 Å². The van der Waals surface area contributed by atoms with Gasteiger partial charge >= 0.3 is 5.97 Å². The Kier molecular flexibility index (Phi) is 6.09. The number of carboxylic acid groups (broad SMARTS) is 1. The van der Waals surface area contributed by atoms with Crippen molar-refractivity contribution in [1.82, 2.24) is 9.80 Å².